The number of ether oxygens (including phenoxy) is 5. The summed E-state index contributed by atoms with van der Waals surface area (Å²) in [4.78, 5) is 25.0. The van der Waals surface area contributed by atoms with Crippen LogP contribution in [0.2, 0.25) is 0 Å². The summed E-state index contributed by atoms with van der Waals surface area (Å²) in [5, 5.41) is 428. The summed E-state index contributed by atoms with van der Waals surface area (Å²) in [6.45, 7) is -4.50. The molecule has 2 fully saturated rings. The number of phenols is 8. The second-order valence-corrected chi connectivity index (χ2v) is 21.8. The highest BCUT2D eigenvalue weighted by Gasteiger charge is 2.98. The molecule has 95 heavy (non-hydrogen) atoms. The quantitative estimate of drug-likeness (QED) is 0.0298. The Kier molecular flexibility index (Phi) is 15.7. The number of hydrogen-bond acceptors (Lipinski definition) is 47. The highest BCUT2D eigenvalue weighted by Crippen LogP contribution is 2.68. The maximum atomic E-state index is 14.3. The molecule has 0 radical (unpaired) electrons. The summed E-state index contributed by atoms with van der Waals surface area (Å²) in [6.07, 6.45) is 0. The lowest BCUT2D eigenvalue weighted by atomic mass is 9.62. The summed E-state index contributed by atoms with van der Waals surface area (Å²) in [7, 11) is 1.78. The van der Waals surface area contributed by atoms with E-state index in [2.05, 4.69) is 0 Å². The third kappa shape index (κ3) is 7.70. The number of nitrogens with zero attached hydrogens (tertiary/aromatic N) is 2. The molecule has 2 aliphatic carbocycles. The van der Waals surface area contributed by atoms with Crippen LogP contribution in [0.25, 0.3) is 0 Å². The number of aromatic hydroxyl groups is 8. The Morgan fingerprint density at radius 3 is 1.04 bits per heavy atom. The predicted molar refractivity (Wildman–Crippen MR) is 271 cm³/mol. The standard InChI is InChI=1S/C48H56N2O45/c1-91-26-19(53)13-15(21(55)27(26)92-2)34(63,64)32(61,30(13)59)39(71,72)37(69)41(75,76)45(83,84)49(46(85,86)42(37,77)78)9-12-17(51)23(57)25(24(58)18(12)52)94-10-95-29-20(54)14-16(22(56)28(29)93-3)35(65,66)33(62,31(14)60)40(73,74)38(70)43(79,80)47(87,88)50(48(89,90)44(38,81)82)36(67,68)11-7-5-4-6-8-11/h4-8,51-58,61-90H,9-10H2,1-3H3. The van der Waals surface area contributed by atoms with Crippen molar-refractivity contribution in [3.8, 4) is 74.7 Å². The molecule has 2 heterocycles. The van der Waals surface area contributed by atoms with Crippen LogP contribution in [-0.2, 0) is 24.0 Å². The fraction of sp³-hybridized carbons (Fsp3) is 0.458. The number of hydrogen-bond donors (Lipinski definition) is 38. The summed E-state index contributed by atoms with van der Waals surface area (Å²) in [5.41, 5.74) is -35.4. The molecule has 0 saturated carbocycles. The Balaban J connectivity index is 1.14. The summed E-state index contributed by atoms with van der Waals surface area (Å²) in [6, 6.07) is 3.99. The molecule has 4 aromatic rings. The Hall–Kier alpha value is -7.66. The molecule has 2 atom stereocenters. The van der Waals surface area contributed by atoms with E-state index in [1.807, 2.05) is 0 Å². The molecule has 2 unspecified atom stereocenters. The van der Waals surface area contributed by atoms with Gasteiger partial charge in [0.15, 0.2) is 34.5 Å². The van der Waals surface area contributed by atoms with Gasteiger partial charge in [0.2, 0.25) is 104 Å². The fourth-order valence-corrected chi connectivity index (χ4v) is 11.9. The maximum absolute atomic E-state index is 14.3. The van der Waals surface area contributed by atoms with Crippen LogP contribution in [-0.4, -0.2) is 324 Å². The average Bonchev–Trinajstić information content (AvgIpc) is 1.61. The third-order valence-corrected chi connectivity index (χ3v) is 17.1. The molecule has 8 rings (SSSR count). The van der Waals surface area contributed by atoms with Crippen LogP contribution in [0.1, 0.15) is 43.0 Å². The first kappa shape index (κ1) is 73.2. The average molecular weight is 1380 g/mol. The first-order valence-corrected chi connectivity index (χ1v) is 25.2. The minimum absolute atomic E-state index is 0.434. The van der Waals surface area contributed by atoms with Gasteiger partial charge in [-0.3, -0.25) is 9.59 Å². The van der Waals surface area contributed by atoms with E-state index in [0.717, 1.165) is 18.2 Å². The van der Waals surface area contributed by atoms with Crippen molar-refractivity contribution in [1.29, 1.82) is 0 Å². The first-order valence-electron chi connectivity index (χ1n) is 25.2. The van der Waals surface area contributed by atoms with Crippen molar-refractivity contribution < 1.29 is 227 Å². The molecule has 0 spiro atoms. The predicted octanol–water partition coefficient (Wildman–Crippen LogP) is -17.4. The van der Waals surface area contributed by atoms with Crippen molar-refractivity contribution in [3.63, 3.8) is 0 Å². The number of Topliss-reactive ketones (excluding diaryl/α,β-unsaturated/α-hetero) is 2. The van der Waals surface area contributed by atoms with Gasteiger partial charge in [-0.1, -0.05) is 30.3 Å². The van der Waals surface area contributed by atoms with E-state index in [0.29, 0.717) is 33.5 Å². The highest BCUT2D eigenvalue weighted by atomic mass is 16.7. The Labute approximate surface area is 519 Å². The van der Waals surface area contributed by atoms with Gasteiger partial charge < -0.3 is 218 Å². The summed E-state index contributed by atoms with van der Waals surface area (Å²) >= 11 is 0. The van der Waals surface area contributed by atoms with Crippen LogP contribution < -0.4 is 23.7 Å². The number of rotatable bonds is 15. The van der Waals surface area contributed by atoms with Crippen LogP contribution in [0.3, 0.4) is 0 Å². The molecular formula is C48H56N2O45. The van der Waals surface area contributed by atoms with Crippen molar-refractivity contribution in [2.24, 2.45) is 0 Å². The molecule has 47 nitrogen and oxygen atoms in total. The van der Waals surface area contributed by atoms with Gasteiger partial charge in [0.05, 0.1) is 49.1 Å². The van der Waals surface area contributed by atoms with Gasteiger partial charge >= 0.3 is 0 Å². The van der Waals surface area contributed by atoms with Crippen LogP contribution >= 0.6 is 0 Å². The number of fused-ring (bicyclic) bond motifs is 2. The van der Waals surface area contributed by atoms with Gasteiger partial charge in [-0.25, -0.2) is 0 Å². The number of carbonyl (C=O) groups excluding carboxylic acids is 2. The van der Waals surface area contributed by atoms with Gasteiger partial charge in [-0.15, -0.1) is 4.90 Å². The summed E-state index contributed by atoms with van der Waals surface area (Å²) < 4.78 is 24.1. The van der Waals surface area contributed by atoms with Crippen molar-refractivity contribution in [3.05, 3.63) is 63.7 Å². The van der Waals surface area contributed by atoms with Crippen LogP contribution in [0, 0.1) is 0 Å². The van der Waals surface area contributed by atoms with Crippen LogP contribution in [0.15, 0.2) is 30.3 Å². The molecule has 4 aromatic carbocycles. The number of ketones is 2. The second-order valence-electron chi connectivity index (χ2n) is 21.8. The van der Waals surface area contributed by atoms with E-state index in [-0.39, 0.29) is 0 Å². The van der Waals surface area contributed by atoms with E-state index < -0.39 is 241 Å². The van der Waals surface area contributed by atoms with E-state index in [1.54, 1.807) is 0 Å². The first-order chi connectivity index (χ1) is 42.6. The van der Waals surface area contributed by atoms with Gasteiger partial charge in [0, 0.05) is 12.1 Å². The third-order valence-electron chi connectivity index (χ3n) is 17.1. The second kappa shape index (κ2) is 20.5. The molecule has 528 valence electrons. The zero-order valence-corrected chi connectivity index (χ0v) is 47.0. The van der Waals surface area contributed by atoms with E-state index in [1.165, 1.54) is 0 Å². The topological polar surface area (TPSA) is 856 Å². The van der Waals surface area contributed by atoms with E-state index >= 15 is 0 Å². The molecule has 38 N–H and O–H groups in total. The Morgan fingerprint density at radius 1 is 0.389 bits per heavy atom. The Morgan fingerprint density at radius 2 is 0.695 bits per heavy atom. The van der Waals surface area contributed by atoms with Crippen molar-refractivity contribution in [2.45, 2.75) is 105 Å². The molecule has 0 bridgehead atoms. The number of methoxy groups -OCH3 is 3. The number of benzene rings is 4. The van der Waals surface area contributed by atoms with Gasteiger partial charge in [-0.05, 0) is 0 Å². The molecular weight excluding hydrogens is 1320 g/mol. The molecule has 2 aliphatic heterocycles. The van der Waals surface area contributed by atoms with Gasteiger partial charge in [0.25, 0.3) is 52.7 Å². The van der Waals surface area contributed by atoms with Crippen molar-refractivity contribution in [2.75, 3.05) is 28.1 Å². The molecule has 4 aliphatic rings. The van der Waals surface area contributed by atoms with Crippen LogP contribution in [0.4, 0.5) is 0 Å². The lowest BCUT2D eigenvalue weighted by molar-refractivity contribution is -0.650. The monoisotopic (exact) mass is 1380 g/mol. The summed E-state index contributed by atoms with van der Waals surface area (Å²) in [5.74, 6) is -104. The molecule has 0 amide bonds. The zero-order chi connectivity index (χ0) is 73.3. The SMILES string of the molecule is COc1c(O)c2c(c(O)c1OC)C(O)(O)C(O)(C(O)(O)C1(O)C(O)(O)C(O)(O)N(Cc3c(O)c(O)c(OCOc4c(O)c5c(c(O)c4OC)C(O)(O)C(O)(C(O)(O)C4(O)C(O)(O)C(O)(O)N(C(O)(O)c6ccccc6)C(O)(O)C4(O)O)C5=O)c(O)c3O)C(O)(O)C1(O)O)C2=O. The lowest BCUT2D eigenvalue weighted by Gasteiger charge is -2.67. The number of aliphatic hydroxyl groups is 30. The van der Waals surface area contributed by atoms with Gasteiger partial charge in [0.1, 0.15) is 0 Å². The highest BCUT2D eigenvalue weighted by molar-refractivity contribution is 6.13. The number of likely N-dealkylation sites (tertiary alicyclic amines) is 2. The molecule has 0 aromatic heterocycles. The van der Waals surface area contributed by atoms with Gasteiger partial charge in [-0.2, -0.15) is 4.90 Å². The minimum Gasteiger partial charge on any atom is -0.504 e. The lowest BCUT2D eigenvalue weighted by Crippen LogP contribution is -3.00. The largest absolute Gasteiger partial charge is 0.504 e. The smallest absolute Gasteiger partial charge is 0.294 e. The van der Waals surface area contributed by atoms with Crippen LogP contribution in [0.5, 0.6) is 74.7 Å². The van der Waals surface area contributed by atoms with Crippen molar-refractivity contribution >= 4 is 11.6 Å². The van der Waals surface area contributed by atoms with Crippen molar-refractivity contribution in [1.82, 2.24) is 9.80 Å². The fourth-order valence-electron chi connectivity index (χ4n) is 11.9. The number of piperidine rings is 2. The maximum Gasteiger partial charge on any atom is 0.294 e. The Bertz CT molecular complexity index is 3790. The normalized spacial score (nSPS) is 25.5. The minimum atomic E-state index is -6.32. The van der Waals surface area contributed by atoms with E-state index in [4.69, 9.17) is 23.7 Å². The van der Waals surface area contributed by atoms with E-state index in [9.17, 15) is 204 Å². The molecule has 2 saturated heterocycles. The zero-order valence-electron chi connectivity index (χ0n) is 47.0. The number of carbonyl (C=O) groups is 2. The molecule has 47 heteroatoms. The number of phenolic OH excluding ortho intramolecular Hbond substituents is 8.